The van der Waals surface area contributed by atoms with E-state index in [-0.39, 0.29) is 24.8 Å². The van der Waals surface area contributed by atoms with Gasteiger partial charge in [-0.2, -0.15) is 0 Å². The topological polar surface area (TPSA) is 81.4 Å². The Labute approximate surface area is 147 Å². The molecule has 1 aliphatic heterocycles. The molecule has 0 unspecified atom stereocenters. The summed E-state index contributed by atoms with van der Waals surface area (Å²) < 4.78 is 10.7. The van der Waals surface area contributed by atoms with E-state index in [1.54, 1.807) is 12.1 Å². The maximum Gasteiger partial charge on any atom is 0.339 e. The number of ether oxygens (including phenoxy) is 1. The standard InChI is InChI=1S/C18H14N2O4S/c21-16(8-14-12-4-1-2-5-13(12)18(22)24-14)19-9-11-10-23-17(20-11)15-6-3-7-25-15/h1-7,10,14H,8-9H2,(H,19,21)/t14-/m0/s1. The van der Waals surface area contributed by atoms with Crippen molar-refractivity contribution in [3.05, 3.63) is 64.9 Å². The minimum Gasteiger partial charge on any atom is -0.453 e. The highest BCUT2D eigenvalue weighted by atomic mass is 32.1. The lowest BCUT2D eigenvalue weighted by Crippen LogP contribution is -2.24. The molecule has 2 aromatic heterocycles. The van der Waals surface area contributed by atoms with Gasteiger partial charge < -0.3 is 14.5 Å². The molecule has 0 spiro atoms. The zero-order valence-corrected chi connectivity index (χ0v) is 13.9. The Kier molecular flexibility index (Phi) is 4.07. The Morgan fingerprint density at radius 2 is 2.12 bits per heavy atom. The van der Waals surface area contributed by atoms with E-state index in [2.05, 4.69) is 10.3 Å². The molecule has 1 aromatic carbocycles. The Hall–Kier alpha value is -2.93. The Morgan fingerprint density at radius 3 is 2.96 bits per heavy atom. The SMILES string of the molecule is O=C(C[C@@H]1OC(=O)c2ccccc21)NCc1coc(-c2cccs2)n1. The van der Waals surface area contributed by atoms with Crippen molar-refractivity contribution < 1.29 is 18.7 Å². The zero-order valence-electron chi connectivity index (χ0n) is 13.1. The molecule has 1 N–H and O–H groups in total. The van der Waals surface area contributed by atoms with E-state index < -0.39 is 6.10 Å². The first-order chi connectivity index (χ1) is 12.2. The van der Waals surface area contributed by atoms with E-state index in [0.29, 0.717) is 17.1 Å². The Bertz CT molecular complexity index is 917. The average Bonchev–Trinajstić information content (AvgIpc) is 3.34. The number of carbonyl (C=O) groups is 2. The van der Waals surface area contributed by atoms with Crippen LogP contribution in [-0.2, 0) is 16.1 Å². The van der Waals surface area contributed by atoms with Gasteiger partial charge >= 0.3 is 5.97 Å². The van der Waals surface area contributed by atoms with Crippen LogP contribution in [0, 0.1) is 0 Å². The number of benzene rings is 1. The average molecular weight is 354 g/mol. The number of aromatic nitrogens is 1. The zero-order chi connectivity index (χ0) is 17.2. The molecule has 0 aliphatic carbocycles. The van der Waals surface area contributed by atoms with Crippen molar-refractivity contribution in [2.75, 3.05) is 0 Å². The molecule has 6 nitrogen and oxygen atoms in total. The van der Waals surface area contributed by atoms with Crippen LogP contribution in [0.4, 0.5) is 0 Å². The molecule has 1 amide bonds. The van der Waals surface area contributed by atoms with Crippen molar-refractivity contribution in [3.63, 3.8) is 0 Å². The van der Waals surface area contributed by atoms with E-state index in [0.717, 1.165) is 10.4 Å². The van der Waals surface area contributed by atoms with Crippen LogP contribution in [0.25, 0.3) is 10.8 Å². The van der Waals surface area contributed by atoms with Gasteiger partial charge in [-0.15, -0.1) is 11.3 Å². The largest absolute Gasteiger partial charge is 0.453 e. The number of hydrogen-bond donors (Lipinski definition) is 1. The lowest BCUT2D eigenvalue weighted by atomic mass is 10.0. The number of fused-ring (bicyclic) bond motifs is 1. The molecule has 1 atom stereocenters. The van der Waals surface area contributed by atoms with Gasteiger partial charge in [-0.25, -0.2) is 9.78 Å². The summed E-state index contributed by atoms with van der Waals surface area (Å²) >= 11 is 1.54. The number of oxazole rings is 1. The molecule has 3 aromatic rings. The third-order valence-corrected chi connectivity index (χ3v) is 4.76. The van der Waals surface area contributed by atoms with Crippen LogP contribution in [-0.4, -0.2) is 16.9 Å². The number of amides is 1. The number of carbonyl (C=O) groups excluding carboxylic acids is 2. The molecule has 0 radical (unpaired) electrons. The number of esters is 1. The second-order valence-corrected chi connectivity index (χ2v) is 6.53. The number of thiophene rings is 1. The van der Waals surface area contributed by atoms with Crippen LogP contribution in [0.15, 0.2) is 52.5 Å². The molecule has 25 heavy (non-hydrogen) atoms. The minimum absolute atomic E-state index is 0.0817. The maximum atomic E-state index is 12.2. The van der Waals surface area contributed by atoms with Gasteiger partial charge in [-0.3, -0.25) is 4.79 Å². The fraction of sp³-hybridized carbons (Fsp3) is 0.167. The summed E-state index contributed by atoms with van der Waals surface area (Å²) in [6, 6.07) is 11.0. The molecule has 7 heteroatoms. The number of hydrogen-bond acceptors (Lipinski definition) is 6. The molecule has 3 heterocycles. The van der Waals surface area contributed by atoms with Gasteiger partial charge in [0.1, 0.15) is 12.4 Å². The Morgan fingerprint density at radius 1 is 1.24 bits per heavy atom. The van der Waals surface area contributed by atoms with Gasteiger partial charge in [0.15, 0.2) is 0 Å². The fourth-order valence-corrected chi connectivity index (χ4v) is 3.36. The summed E-state index contributed by atoms with van der Waals surface area (Å²) in [6.45, 7) is 0.260. The summed E-state index contributed by atoms with van der Waals surface area (Å²) in [5.74, 6) is -0.0569. The predicted octanol–water partition coefficient (Wildman–Crippen LogP) is 3.32. The van der Waals surface area contributed by atoms with Gasteiger partial charge in [-0.05, 0) is 17.5 Å². The molecular weight excluding hydrogens is 340 g/mol. The van der Waals surface area contributed by atoms with E-state index in [1.807, 2.05) is 29.6 Å². The maximum absolute atomic E-state index is 12.2. The van der Waals surface area contributed by atoms with Crippen LogP contribution >= 0.6 is 11.3 Å². The van der Waals surface area contributed by atoms with E-state index in [9.17, 15) is 9.59 Å². The van der Waals surface area contributed by atoms with Crippen molar-refractivity contribution in [2.24, 2.45) is 0 Å². The molecule has 126 valence electrons. The van der Waals surface area contributed by atoms with Crippen molar-refractivity contribution in [1.82, 2.24) is 10.3 Å². The summed E-state index contributed by atoms with van der Waals surface area (Å²) in [4.78, 5) is 29.2. The van der Waals surface area contributed by atoms with Crippen LogP contribution in [0.1, 0.15) is 34.1 Å². The minimum atomic E-state index is -0.539. The predicted molar refractivity (Wildman–Crippen MR) is 90.9 cm³/mol. The van der Waals surface area contributed by atoms with Gasteiger partial charge in [-0.1, -0.05) is 24.3 Å². The number of nitrogens with one attached hydrogen (secondary N) is 1. The quantitative estimate of drug-likeness (QED) is 0.711. The fourth-order valence-electron chi connectivity index (χ4n) is 2.70. The van der Waals surface area contributed by atoms with E-state index in [4.69, 9.17) is 9.15 Å². The smallest absolute Gasteiger partial charge is 0.339 e. The summed E-state index contributed by atoms with van der Waals surface area (Å²) in [7, 11) is 0. The van der Waals surface area contributed by atoms with Gasteiger partial charge in [0.2, 0.25) is 11.8 Å². The van der Waals surface area contributed by atoms with Crippen LogP contribution in [0.5, 0.6) is 0 Å². The normalized spacial score (nSPS) is 15.7. The first-order valence-corrected chi connectivity index (χ1v) is 8.63. The Balaban J connectivity index is 1.35. The first-order valence-electron chi connectivity index (χ1n) is 7.75. The molecule has 4 rings (SSSR count). The molecule has 0 saturated heterocycles. The second-order valence-electron chi connectivity index (χ2n) is 5.58. The molecular formula is C18H14N2O4S. The van der Waals surface area contributed by atoms with Crippen LogP contribution in [0.2, 0.25) is 0 Å². The summed E-state index contributed by atoms with van der Waals surface area (Å²) in [6.07, 6.45) is 1.07. The lowest BCUT2D eigenvalue weighted by molar-refractivity contribution is -0.123. The highest BCUT2D eigenvalue weighted by Crippen LogP contribution is 2.32. The van der Waals surface area contributed by atoms with Crippen molar-refractivity contribution in [2.45, 2.75) is 19.1 Å². The molecule has 0 fully saturated rings. The van der Waals surface area contributed by atoms with Gasteiger partial charge in [0.05, 0.1) is 29.1 Å². The molecule has 1 aliphatic rings. The third kappa shape index (κ3) is 3.18. The van der Waals surface area contributed by atoms with Gasteiger partial charge in [0.25, 0.3) is 0 Å². The lowest BCUT2D eigenvalue weighted by Gasteiger charge is -2.10. The second kappa shape index (κ2) is 6.52. The highest BCUT2D eigenvalue weighted by Gasteiger charge is 2.31. The van der Waals surface area contributed by atoms with Gasteiger partial charge in [0, 0.05) is 5.56 Å². The summed E-state index contributed by atoms with van der Waals surface area (Å²) in [5, 5.41) is 4.73. The number of rotatable bonds is 5. The van der Waals surface area contributed by atoms with E-state index >= 15 is 0 Å². The van der Waals surface area contributed by atoms with Crippen molar-refractivity contribution >= 4 is 23.2 Å². The van der Waals surface area contributed by atoms with Crippen molar-refractivity contribution in [3.8, 4) is 10.8 Å². The van der Waals surface area contributed by atoms with E-state index in [1.165, 1.54) is 17.6 Å². The van der Waals surface area contributed by atoms with Crippen molar-refractivity contribution in [1.29, 1.82) is 0 Å². The number of nitrogens with zero attached hydrogens (tertiary/aromatic N) is 1. The van der Waals surface area contributed by atoms with Crippen LogP contribution in [0.3, 0.4) is 0 Å². The monoisotopic (exact) mass is 354 g/mol. The summed E-state index contributed by atoms with van der Waals surface area (Å²) in [5.41, 5.74) is 1.92. The molecule has 0 bridgehead atoms. The highest BCUT2D eigenvalue weighted by molar-refractivity contribution is 7.13. The van der Waals surface area contributed by atoms with Crippen LogP contribution < -0.4 is 5.32 Å². The number of cyclic esters (lactones) is 1. The first kappa shape index (κ1) is 15.6. The molecule has 0 saturated carbocycles. The third-order valence-electron chi connectivity index (χ3n) is 3.90.